The fourth-order valence-corrected chi connectivity index (χ4v) is 2.53. The number of ether oxygens (including phenoxy) is 1. The van der Waals surface area contributed by atoms with Gasteiger partial charge < -0.3 is 10.1 Å². The molecule has 1 unspecified atom stereocenters. The zero-order valence-corrected chi connectivity index (χ0v) is 11.4. The molecule has 2 rings (SSSR count). The van der Waals surface area contributed by atoms with Gasteiger partial charge in [-0.3, -0.25) is 0 Å². The summed E-state index contributed by atoms with van der Waals surface area (Å²) in [4.78, 5) is 1.35. The highest BCUT2D eigenvalue weighted by molar-refractivity contribution is 7.09. The van der Waals surface area contributed by atoms with E-state index in [0.717, 1.165) is 18.7 Å². The van der Waals surface area contributed by atoms with Crippen LogP contribution in [0.5, 0.6) is 5.88 Å². The van der Waals surface area contributed by atoms with Gasteiger partial charge in [-0.2, -0.15) is 5.10 Å². The molecule has 1 N–H and O–H groups in total. The van der Waals surface area contributed by atoms with E-state index in [1.807, 2.05) is 12.1 Å². The standard InChI is InChI=1S/C13H17N3OS/c1-3-14-12(9-10-5-4-8-18-10)11-6-7-13(17-2)16-15-11/h4-8,12,14H,3,9H2,1-2H3. The van der Waals surface area contributed by atoms with E-state index in [0.29, 0.717) is 5.88 Å². The fraction of sp³-hybridized carbons (Fsp3) is 0.385. The van der Waals surface area contributed by atoms with Crippen molar-refractivity contribution in [3.8, 4) is 5.88 Å². The van der Waals surface area contributed by atoms with Crippen molar-refractivity contribution in [2.75, 3.05) is 13.7 Å². The number of likely N-dealkylation sites (N-methyl/N-ethyl adjacent to an activating group) is 1. The minimum atomic E-state index is 0.201. The molecule has 0 fully saturated rings. The minimum Gasteiger partial charge on any atom is -0.480 e. The van der Waals surface area contributed by atoms with Crippen LogP contribution in [0.15, 0.2) is 29.6 Å². The first kappa shape index (κ1) is 13.0. The SMILES string of the molecule is CCNC(Cc1cccs1)c1ccc(OC)nn1. The smallest absolute Gasteiger partial charge is 0.233 e. The summed E-state index contributed by atoms with van der Waals surface area (Å²) < 4.78 is 5.02. The van der Waals surface area contributed by atoms with Crippen molar-refractivity contribution in [1.29, 1.82) is 0 Å². The third-order valence-corrected chi connectivity index (χ3v) is 3.56. The van der Waals surface area contributed by atoms with Crippen LogP contribution < -0.4 is 10.1 Å². The number of thiophene rings is 1. The van der Waals surface area contributed by atoms with Gasteiger partial charge in [0.2, 0.25) is 5.88 Å². The summed E-state index contributed by atoms with van der Waals surface area (Å²) in [5.41, 5.74) is 0.950. The Labute approximate surface area is 111 Å². The molecule has 1 atom stereocenters. The van der Waals surface area contributed by atoms with Crippen LogP contribution in [0.3, 0.4) is 0 Å². The lowest BCUT2D eigenvalue weighted by atomic mass is 10.1. The average Bonchev–Trinajstić information content (AvgIpc) is 2.91. The van der Waals surface area contributed by atoms with E-state index >= 15 is 0 Å². The maximum Gasteiger partial charge on any atom is 0.233 e. The highest BCUT2D eigenvalue weighted by Crippen LogP contribution is 2.20. The van der Waals surface area contributed by atoms with Gasteiger partial charge in [-0.1, -0.05) is 13.0 Å². The Hall–Kier alpha value is -1.46. The molecule has 0 aromatic carbocycles. The predicted octanol–water partition coefficient (Wildman–Crippen LogP) is 2.44. The normalized spacial score (nSPS) is 12.3. The van der Waals surface area contributed by atoms with Crippen LogP contribution in [0.4, 0.5) is 0 Å². The maximum atomic E-state index is 5.02. The Balaban J connectivity index is 2.12. The molecule has 0 aliphatic heterocycles. The molecule has 18 heavy (non-hydrogen) atoms. The van der Waals surface area contributed by atoms with Crippen LogP contribution in [0.1, 0.15) is 23.5 Å². The lowest BCUT2D eigenvalue weighted by molar-refractivity contribution is 0.389. The summed E-state index contributed by atoms with van der Waals surface area (Å²) in [5.74, 6) is 0.546. The summed E-state index contributed by atoms with van der Waals surface area (Å²) in [5, 5.41) is 13.8. The van der Waals surface area contributed by atoms with E-state index in [1.54, 1.807) is 18.4 Å². The van der Waals surface area contributed by atoms with Gasteiger partial charge in [0.05, 0.1) is 18.8 Å². The molecule has 0 aliphatic carbocycles. The summed E-state index contributed by atoms with van der Waals surface area (Å²) in [6, 6.07) is 8.23. The van der Waals surface area contributed by atoms with E-state index in [2.05, 4.69) is 40.0 Å². The molecule has 0 radical (unpaired) electrons. The molecule has 0 amide bonds. The lowest BCUT2D eigenvalue weighted by Crippen LogP contribution is -2.23. The van der Waals surface area contributed by atoms with Crippen LogP contribution in [-0.4, -0.2) is 23.9 Å². The average molecular weight is 263 g/mol. The largest absolute Gasteiger partial charge is 0.480 e. The minimum absolute atomic E-state index is 0.201. The molecular weight excluding hydrogens is 246 g/mol. The first-order valence-electron chi connectivity index (χ1n) is 5.97. The molecule has 2 heterocycles. The molecule has 5 heteroatoms. The molecule has 2 aromatic heterocycles. The summed E-state index contributed by atoms with van der Waals surface area (Å²) in [6.45, 7) is 3.00. The van der Waals surface area contributed by atoms with E-state index in [-0.39, 0.29) is 6.04 Å². The molecule has 96 valence electrons. The van der Waals surface area contributed by atoms with Crippen molar-refractivity contribution in [2.45, 2.75) is 19.4 Å². The topological polar surface area (TPSA) is 47.0 Å². The number of rotatable bonds is 6. The van der Waals surface area contributed by atoms with Gasteiger partial charge in [-0.05, 0) is 24.1 Å². The van der Waals surface area contributed by atoms with Crippen LogP contribution in [-0.2, 0) is 6.42 Å². The summed E-state index contributed by atoms with van der Waals surface area (Å²) in [7, 11) is 1.59. The Morgan fingerprint density at radius 3 is 2.78 bits per heavy atom. The quantitative estimate of drug-likeness (QED) is 0.869. The molecule has 0 aliphatic rings. The third kappa shape index (κ3) is 3.27. The Kier molecular flexibility index (Phi) is 4.66. The van der Waals surface area contributed by atoms with Gasteiger partial charge in [0.25, 0.3) is 0 Å². The number of hydrogen-bond donors (Lipinski definition) is 1. The molecule has 0 saturated heterocycles. The van der Waals surface area contributed by atoms with Gasteiger partial charge in [-0.15, -0.1) is 16.4 Å². The Bertz CT molecular complexity index is 456. The van der Waals surface area contributed by atoms with Crippen molar-refractivity contribution in [3.05, 3.63) is 40.2 Å². The zero-order valence-electron chi connectivity index (χ0n) is 10.6. The molecule has 0 spiro atoms. The van der Waals surface area contributed by atoms with Crippen molar-refractivity contribution >= 4 is 11.3 Å². The van der Waals surface area contributed by atoms with Gasteiger partial charge in [0, 0.05) is 17.4 Å². The number of hydrogen-bond acceptors (Lipinski definition) is 5. The second-order valence-corrected chi connectivity index (χ2v) is 4.93. The Morgan fingerprint density at radius 2 is 2.22 bits per heavy atom. The third-order valence-electron chi connectivity index (χ3n) is 2.66. The second-order valence-electron chi connectivity index (χ2n) is 3.89. The molecule has 4 nitrogen and oxygen atoms in total. The maximum absolute atomic E-state index is 5.02. The first-order chi connectivity index (χ1) is 8.83. The van der Waals surface area contributed by atoms with Crippen LogP contribution >= 0.6 is 11.3 Å². The number of nitrogens with zero attached hydrogens (tertiary/aromatic N) is 2. The Morgan fingerprint density at radius 1 is 1.33 bits per heavy atom. The molecule has 0 bridgehead atoms. The monoisotopic (exact) mass is 263 g/mol. The summed E-state index contributed by atoms with van der Waals surface area (Å²) >= 11 is 1.77. The first-order valence-corrected chi connectivity index (χ1v) is 6.84. The van der Waals surface area contributed by atoms with Gasteiger partial charge in [0.1, 0.15) is 0 Å². The number of nitrogens with one attached hydrogen (secondary N) is 1. The van der Waals surface area contributed by atoms with Crippen LogP contribution in [0.25, 0.3) is 0 Å². The molecule has 2 aromatic rings. The fourth-order valence-electron chi connectivity index (χ4n) is 1.78. The molecular formula is C13H17N3OS. The van der Waals surface area contributed by atoms with Crippen molar-refractivity contribution in [2.24, 2.45) is 0 Å². The van der Waals surface area contributed by atoms with Crippen LogP contribution in [0.2, 0.25) is 0 Å². The van der Waals surface area contributed by atoms with Crippen molar-refractivity contribution < 1.29 is 4.74 Å². The van der Waals surface area contributed by atoms with E-state index < -0.39 is 0 Å². The van der Waals surface area contributed by atoms with Gasteiger partial charge >= 0.3 is 0 Å². The van der Waals surface area contributed by atoms with E-state index in [1.165, 1.54) is 4.88 Å². The van der Waals surface area contributed by atoms with Gasteiger partial charge in [-0.25, -0.2) is 0 Å². The van der Waals surface area contributed by atoms with Crippen molar-refractivity contribution in [1.82, 2.24) is 15.5 Å². The van der Waals surface area contributed by atoms with Gasteiger partial charge in [0.15, 0.2) is 0 Å². The van der Waals surface area contributed by atoms with Crippen molar-refractivity contribution in [3.63, 3.8) is 0 Å². The number of methoxy groups -OCH3 is 1. The highest BCUT2D eigenvalue weighted by atomic mass is 32.1. The molecule has 0 saturated carbocycles. The number of aromatic nitrogens is 2. The van der Waals surface area contributed by atoms with Crippen LogP contribution in [0, 0.1) is 0 Å². The summed E-state index contributed by atoms with van der Waals surface area (Å²) in [6.07, 6.45) is 0.937. The van der Waals surface area contributed by atoms with E-state index in [9.17, 15) is 0 Å². The lowest BCUT2D eigenvalue weighted by Gasteiger charge is -2.16. The highest BCUT2D eigenvalue weighted by Gasteiger charge is 2.13. The second kappa shape index (κ2) is 6.47. The predicted molar refractivity (Wildman–Crippen MR) is 73.0 cm³/mol. The van der Waals surface area contributed by atoms with E-state index in [4.69, 9.17) is 4.74 Å². The zero-order chi connectivity index (χ0) is 12.8.